The highest BCUT2D eigenvalue weighted by molar-refractivity contribution is 7.89. The van der Waals surface area contributed by atoms with Gasteiger partial charge in [0.15, 0.2) is 0 Å². The van der Waals surface area contributed by atoms with Crippen molar-refractivity contribution in [2.75, 3.05) is 26.4 Å². The smallest absolute Gasteiger partial charge is 0.242 e. The lowest BCUT2D eigenvalue weighted by molar-refractivity contribution is 0.314. The highest BCUT2D eigenvalue weighted by atomic mass is 35.5. The molecule has 0 saturated heterocycles. The topological polar surface area (TPSA) is 75.4 Å². The largest absolute Gasteiger partial charge is 0.399 e. The Kier molecular flexibility index (Phi) is 4.98. The van der Waals surface area contributed by atoms with Gasteiger partial charge in [0.25, 0.3) is 0 Å². The second-order valence-corrected chi connectivity index (χ2v) is 6.50. The van der Waals surface area contributed by atoms with E-state index in [0.717, 1.165) is 0 Å². The summed E-state index contributed by atoms with van der Waals surface area (Å²) >= 11 is 5.87. The van der Waals surface area contributed by atoms with Crippen LogP contribution < -0.4 is 10.5 Å². The van der Waals surface area contributed by atoms with Gasteiger partial charge in [0.05, 0.1) is 5.02 Å². The molecule has 1 unspecified atom stereocenters. The molecule has 0 saturated carbocycles. The number of halogens is 1. The van der Waals surface area contributed by atoms with Crippen molar-refractivity contribution < 1.29 is 8.42 Å². The van der Waals surface area contributed by atoms with Crippen LogP contribution in [0.4, 0.5) is 5.69 Å². The van der Waals surface area contributed by atoms with Crippen LogP contribution in [0, 0.1) is 0 Å². The Balaban J connectivity index is 2.90. The summed E-state index contributed by atoms with van der Waals surface area (Å²) in [6.45, 7) is 2.23. The molecule has 0 amide bonds. The van der Waals surface area contributed by atoms with Gasteiger partial charge in [-0.25, -0.2) is 13.1 Å². The minimum absolute atomic E-state index is 0.00937. The number of nitrogen functional groups attached to an aromatic ring is 1. The van der Waals surface area contributed by atoms with Gasteiger partial charge in [-0.15, -0.1) is 0 Å². The number of sulfonamides is 1. The maximum absolute atomic E-state index is 12.1. The number of hydrogen-bond acceptors (Lipinski definition) is 4. The minimum Gasteiger partial charge on any atom is -0.399 e. The van der Waals surface area contributed by atoms with E-state index in [1.54, 1.807) is 6.07 Å². The average molecular weight is 292 g/mol. The first kappa shape index (κ1) is 15.2. The number of nitrogens with one attached hydrogen (secondary N) is 1. The van der Waals surface area contributed by atoms with Gasteiger partial charge in [0.2, 0.25) is 10.0 Å². The SMILES string of the molecule is CC(CNS(=O)(=O)c1cc(N)ccc1Cl)N(C)C. The number of benzene rings is 1. The summed E-state index contributed by atoms with van der Waals surface area (Å²) in [5.74, 6) is 0. The lowest BCUT2D eigenvalue weighted by Crippen LogP contribution is -2.38. The van der Waals surface area contributed by atoms with Gasteiger partial charge in [-0.05, 0) is 39.2 Å². The molecule has 0 aliphatic carbocycles. The summed E-state index contributed by atoms with van der Waals surface area (Å²) in [5, 5.41) is 0.161. The van der Waals surface area contributed by atoms with Crippen molar-refractivity contribution in [3.8, 4) is 0 Å². The van der Waals surface area contributed by atoms with E-state index in [-0.39, 0.29) is 16.0 Å². The van der Waals surface area contributed by atoms with Gasteiger partial charge in [-0.3, -0.25) is 0 Å². The quantitative estimate of drug-likeness (QED) is 0.798. The van der Waals surface area contributed by atoms with Crippen LogP contribution in [0.5, 0.6) is 0 Å². The molecule has 0 radical (unpaired) electrons. The molecule has 7 heteroatoms. The van der Waals surface area contributed by atoms with E-state index in [1.165, 1.54) is 12.1 Å². The van der Waals surface area contributed by atoms with Gasteiger partial charge in [0.1, 0.15) is 4.90 Å². The molecular formula is C11H18ClN3O2S. The summed E-state index contributed by atoms with van der Waals surface area (Å²) < 4.78 is 26.6. The van der Waals surface area contributed by atoms with Gasteiger partial charge in [0, 0.05) is 18.3 Å². The molecule has 3 N–H and O–H groups in total. The maximum Gasteiger partial charge on any atom is 0.242 e. The molecular weight excluding hydrogens is 274 g/mol. The minimum atomic E-state index is -3.63. The second-order valence-electron chi connectivity index (χ2n) is 4.35. The molecule has 1 aromatic rings. The number of rotatable bonds is 5. The third kappa shape index (κ3) is 3.84. The third-order valence-corrected chi connectivity index (χ3v) is 4.60. The third-order valence-electron chi connectivity index (χ3n) is 2.70. The van der Waals surface area contributed by atoms with Gasteiger partial charge < -0.3 is 10.6 Å². The lowest BCUT2D eigenvalue weighted by atomic mass is 10.3. The van der Waals surface area contributed by atoms with Crippen LogP contribution in [0.15, 0.2) is 23.1 Å². The van der Waals surface area contributed by atoms with E-state index >= 15 is 0 Å². The molecule has 0 spiro atoms. The molecule has 1 aromatic carbocycles. The average Bonchev–Trinajstić information content (AvgIpc) is 2.29. The van der Waals surface area contributed by atoms with E-state index in [4.69, 9.17) is 17.3 Å². The molecule has 5 nitrogen and oxygen atoms in total. The molecule has 0 aromatic heterocycles. The van der Waals surface area contributed by atoms with Crippen LogP contribution in [0.25, 0.3) is 0 Å². The summed E-state index contributed by atoms with van der Waals surface area (Å²) in [6, 6.07) is 4.47. The van der Waals surface area contributed by atoms with E-state index in [1.807, 2.05) is 25.9 Å². The Morgan fingerprint density at radius 3 is 2.61 bits per heavy atom. The van der Waals surface area contributed by atoms with Crippen molar-refractivity contribution in [3.05, 3.63) is 23.2 Å². The normalized spacial score (nSPS) is 13.8. The van der Waals surface area contributed by atoms with Crippen LogP contribution in [-0.2, 0) is 10.0 Å². The maximum atomic E-state index is 12.1. The van der Waals surface area contributed by atoms with Crippen LogP contribution in [0.2, 0.25) is 5.02 Å². The predicted molar refractivity (Wildman–Crippen MR) is 74.2 cm³/mol. The zero-order valence-corrected chi connectivity index (χ0v) is 12.2. The fourth-order valence-electron chi connectivity index (χ4n) is 1.22. The Morgan fingerprint density at radius 1 is 1.44 bits per heavy atom. The van der Waals surface area contributed by atoms with Crippen LogP contribution in [-0.4, -0.2) is 40.0 Å². The van der Waals surface area contributed by atoms with Crippen molar-refractivity contribution >= 4 is 27.3 Å². The fraction of sp³-hybridized carbons (Fsp3) is 0.455. The van der Waals surface area contributed by atoms with Crippen molar-refractivity contribution in [2.24, 2.45) is 0 Å². The molecule has 18 heavy (non-hydrogen) atoms. The van der Waals surface area contributed by atoms with Crippen molar-refractivity contribution in [3.63, 3.8) is 0 Å². The first-order valence-electron chi connectivity index (χ1n) is 5.45. The number of nitrogens with zero attached hydrogens (tertiary/aromatic N) is 1. The number of nitrogens with two attached hydrogens (primary N) is 1. The Labute approximate surface area is 113 Å². The summed E-state index contributed by atoms with van der Waals surface area (Å²) in [5.41, 5.74) is 5.93. The zero-order chi connectivity index (χ0) is 13.9. The first-order chi connectivity index (χ1) is 8.24. The molecule has 0 heterocycles. The lowest BCUT2D eigenvalue weighted by Gasteiger charge is -2.20. The predicted octanol–water partition coefficient (Wildman–Crippen LogP) is 1.15. The molecule has 0 fully saturated rings. The summed E-state index contributed by atoms with van der Waals surface area (Å²) in [6.07, 6.45) is 0. The molecule has 0 bridgehead atoms. The van der Waals surface area contributed by atoms with E-state index in [0.29, 0.717) is 12.2 Å². The molecule has 0 aliphatic rings. The molecule has 102 valence electrons. The standard InChI is InChI=1S/C11H18ClN3O2S/c1-8(15(2)3)7-14-18(16,17)11-6-9(13)4-5-10(11)12/h4-6,8,14H,7,13H2,1-3H3. The summed E-state index contributed by atoms with van der Waals surface area (Å²) in [4.78, 5) is 1.93. The zero-order valence-electron chi connectivity index (χ0n) is 10.6. The Morgan fingerprint density at radius 2 is 2.06 bits per heavy atom. The van der Waals surface area contributed by atoms with E-state index in [9.17, 15) is 8.42 Å². The Bertz CT molecular complexity index is 517. The van der Waals surface area contributed by atoms with Gasteiger partial charge in [-0.1, -0.05) is 11.6 Å². The van der Waals surface area contributed by atoms with Crippen molar-refractivity contribution in [1.82, 2.24) is 9.62 Å². The first-order valence-corrected chi connectivity index (χ1v) is 7.31. The number of anilines is 1. The highest BCUT2D eigenvalue weighted by Crippen LogP contribution is 2.23. The van der Waals surface area contributed by atoms with E-state index < -0.39 is 10.0 Å². The number of hydrogen-bond donors (Lipinski definition) is 2. The monoisotopic (exact) mass is 291 g/mol. The molecule has 1 rings (SSSR count). The molecule has 1 atom stereocenters. The number of likely N-dealkylation sites (N-methyl/N-ethyl adjacent to an activating group) is 1. The van der Waals surface area contributed by atoms with Gasteiger partial charge in [-0.2, -0.15) is 0 Å². The van der Waals surface area contributed by atoms with E-state index in [2.05, 4.69) is 4.72 Å². The van der Waals surface area contributed by atoms with Crippen LogP contribution in [0.3, 0.4) is 0 Å². The fourth-order valence-corrected chi connectivity index (χ4v) is 2.87. The highest BCUT2D eigenvalue weighted by Gasteiger charge is 2.19. The van der Waals surface area contributed by atoms with Crippen LogP contribution >= 0.6 is 11.6 Å². The Hall–Kier alpha value is -0.820. The van der Waals surface area contributed by atoms with Crippen molar-refractivity contribution in [1.29, 1.82) is 0 Å². The second kappa shape index (κ2) is 5.88. The molecule has 0 aliphatic heterocycles. The van der Waals surface area contributed by atoms with Crippen LogP contribution in [0.1, 0.15) is 6.92 Å². The van der Waals surface area contributed by atoms with Crippen molar-refractivity contribution in [2.45, 2.75) is 17.9 Å². The van der Waals surface area contributed by atoms with Gasteiger partial charge >= 0.3 is 0 Å². The summed E-state index contributed by atoms with van der Waals surface area (Å²) in [7, 11) is 0.132.